The monoisotopic (exact) mass is 248 g/mol. The average Bonchev–Trinajstić information content (AvgIpc) is 2.36. The number of rotatable bonds is 1. The minimum absolute atomic E-state index is 0.138. The molecule has 5 heteroatoms. The van der Waals surface area contributed by atoms with Gasteiger partial charge in [-0.2, -0.15) is 0 Å². The zero-order valence-electron chi connectivity index (χ0n) is 10.4. The van der Waals surface area contributed by atoms with Crippen LogP contribution in [0.15, 0.2) is 24.3 Å². The lowest BCUT2D eigenvalue weighted by molar-refractivity contribution is -0.139. The molecule has 18 heavy (non-hydrogen) atoms. The van der Waals surface area contributed by atoms with Crippen LogP contribution in [0.2, 0.25) is 0 Å². The molecule has 96 valence electrons. The lowest BCUT2D eigenvalue weighted by Gasteiger charge is -2.37. The molecule has 1 aromatic rings. The van der Waals surface area contributed by atoms with Crippen molar-refractivity contribution >= 4 is 17.7 Å². The number of fused-ring (bicyclic) bond motifs is 1. The number of anilines is 1. The maximum atomic E-state index is 11.9. The van der Waals surface area contributed by atoms with Crippen molar-refractivity contribution in [2.75, 3.05) is 11.9 Å². The summed E-state index contributed by atoms with van der Waals surface area (Å²) in [5.74, 6) is -1.39. The topological polar surface area (TPSA) is 69.6 Å². The van der Waals surface area contributed by atoms with E-state index >= 15 is 0 Å². The third kappa shape index (κ3) is 1.92. The van der Waals surface area contributed by atoms with E-state index in [-0.39, 0.29) is 12.1 Å². The van der Waals surface area contributed by atoms with Crippen molar-refractivity contribution < 1.29 is 14.7 Å². The van der Waals surface area contributed by atoms with Gasteiger partial charge in [0, 0.05) is 18.8 Å². The number of nitrogens with zero attached hydrogens (tertiary/aromatic N) is 1. The normalized spacial score (nSPS) is 22.2. The first-order valence-electron chi connectivity index (χ1n) is 5.89. The first-order valence-corrected chi connectivity index (χ1v) is 5.89. The summed E-state index contributed by atoms with van der Waals surface area (Å²) in [6.07, 6.45) is 0.430. The van der Waals surface area contributed by atoms with E-state index in [1.165, 1.54) is 0 Å². The molecule has 2 N–H and O–H groups in total. The van der Waals surface area contributed by atoms with Gasteiger partial charge >= 0.3 is 12.0 Å². The van der Waals surface area contributed by atoms with Crippen molar-refractivity contribution in [3.63, 3.8) is 0 Å². The third-order valence-corrected chi connectivity index (χ3v) is 3.32. The fraction of sp³-hybridized carbons (Fsp3) is 0.385. The zero-order chi connectivity index (χ0) is 13.3. The smallest absolute Gasteiger partial charge is 0.321 e. The van der Waals surface area contributed by atoms with Gasteiger partial charge < -0.3 is 10.4 Å². The van der Waals surface area contributed by atoms with Gasteiger partial charge in [-0.3, -0.25) is 9.69 Å². The SMILES string of the molecule is CNC(=O)N1c2ccccc2C(C(=O)O)CC1C. The molecule has 0 fully saturated rings. The van der Waals surface area contributed by atoms with Gasteiger partial charge in [0.05, 0.1) is 5.92 Å². The Hall–Kier alpha value is -2.04. The molecule has 0 saturated heterocycles. The molecule has 0 spiro atoms. The van der Waals surface area contributed by atoms with Crippen molar-refractivity contribution in [3.8, 4) is 0 Å². The number of para-hydroxylation sites is 1. The Morgan fingerprint density at radius 2 is 2.06 bits per heavy atom. The molecule has 1 aromatic carbocycles. The molecule has 0 saturated carbocycles. The molecular formula is C13H16N2O3. The van der Waals surface area contributed by atoms with Crippen molar-refractivity contribution in [3.05, 3.63) is 29.8 Å². The number of carbonyl (C=O) groups is 2. The van der Waals surface area contributed by atoms with Crippen LogP contribution >= 0.6 is 0 Å². The summed E-state index contributed by atoms with van der Waals surface area (Å²) in [6.45, 7) is 1.86. The highest BCUT2D eigenvalue weighted by atomic mass is 16.4. The van der Waals surface area contributed by atoms with Crippen LogP contribution in [0.25, 0.3) is 0 Å². The largest absolute Gasteiger partial charge is 0.481 e. The van der Waals surface area contributed by atoms with Crippen LogP contribution in [0.5, 0.6) is 0 Å². The fourth-order valence-corrected chi connectivity index (χ4v) is 2.48. The Bertz CT molecular complexity index is 487. The Kier molecular flexibility index (Phi) is 3.23. The highest BCUT2D eigenvalue weighted by molar-refractivity contribution is 5.95. The number of benzene rings is 1. The standard InChI is InChI=1S/C13H16N2O3/c1-8-7-10(12(16)17)9-5-3-4-6-11(9)15(8)13(18)14-2/h3-6,8,10H,7H2,1-2H3,(H,14,18)(H,16,17). The Morgan fingerprint density at radius 3 is 2.67 bits per heavy atom. The van der Waals surface area contributed by atoms with Crippen LogP contribution in [0.3, 0.4) is 0 Å². The number of hydrogen-bond acceptors (Lipinski definition) is 2. The van der Waals surface area contributed by atoms with E-state index in [2.05, 4.69) is 5.32 Å². The Balaban J connectivity index is 2.51. The second kappa shape index (κ2) is 4.68. The highest BCUT2D eigenvalue weighted by Crippen LogP contribution is 2.38. The number of carboxylic acids is 1. The molecule has 1 heterocycles. The summed E-state index contributed by atoms with van der Waals surface area (Å²) in [7, 11) is 1.57. The zero-order valence-corrected chi connectivity index (χ0v) is 10.4. The number of urea groups is 1. The minimum atomic E-state index is -0.842. The number of nitrogens with one attached hydrogen (secondary N) is 1. The molecular weight excluding hydrogens is 232 g/mol. The summed E-state index contributed by atoms with van der Waals surface area (Å²) < 4.78 is 0. The molecule has 0 radical (unpaired) electrons. The summed E-state index contributed by atoms with van der Waals surface area (Å²) in [6, 6.07) is 6.82. The second-order valence-electron chi connectivity index (χ2n) is 4.46. The number of carbonyl (C=O) groups excluding carboxylic acids is 1. The predicted octanol–water partition coefficient (Wildman–Crippen LogP) is 1.79. The highest BCUT2D eigenvalue weighted by Gasteiger charge is 2.36. The van der Waals surface area contributed by atoms with Crippen LogP contribution < -0.4 is 10.2 Å². The summed E-state index contributed by atoms with van der Waals surface area (Å²) >= 11 is 0. The molecule has 2 atom stereocenters. The van der Waals surface area contributed by atoms with Crippen LogP contribution in [0, 0.1) is 0 Å². The molecule has 2 rings (SSSR count). The predicted molar refractivity (Wildman–Crippen MR) is 67.8 cm³/mol. The number of carboxylic acid groups (broad SMARTS) is 1. The summed E-state index contributed by atoms with van der Waals surface area (Å²) in [5, 5.41) is 11.9. The minimum Gasteiger partial charge on any atom is -0.481 e. The Labute approximate surface area is 105 Å². The lowest BCUT2D eigenvalue weighted by Crippen LogP contribution is -2.48. The summed E-state index contributed by atoms with van der Waals surface area (Å²) in [5.41, 5.74) is 1.38. The Morgan fingerprint density at radius 1 is 1.39 bits per heavy atom. The van der Waals surface area contributed by atoms with E-state index in [9.17, 15) is 14.7 Å². The quantitative estimate of drug-likeness (QED) is 0.796. The number of hydrogen-bond donors (Lipinski definition) is 2. The van der Waals surface area contributed by atoms with Crippen molar-refractivity contribution in [2.45, 2.75) is 25.3 Å². The van der Waals surface area contributed by atoms with Gasteiger partial charge in [0.1, 0.15) is 0 Å². The molecule has 1 aliphatic rings. The van der Waals surface area contributed by atoms with Gasteiger partial charge in [-0.05, 0) is 25.0 Å². The van der Waals surface area contributed by atoms with Gasteiger partial charge in [-0.15, -0.1) is 0 Å². The van der Waals surface area contributed by atoms with E-state index in [1.807, 2.05) is 13.0 Å². The van der Waals surface area contributed by atoms with Crippen LogP contribution in [0.4, 0.5) is 10.5 Å². The second-order valence-corrected chi connectivity index (χ2v) is 4.46. The van der Waals surface area contributed by atoms with Crippen LogP contribution in [-0.4, -0.2) is 30.2 Å². The molecule has 2 amide bonds. The van der Waals surface area contributed by atoms with Gasteiger partial charge in [0.25, 0.3) is 0 Å². The maximum absolute atomic E-state index is 11.9. The summed E-state index contributed by atoms with van der Waals surface area (Å²) in [4.78, 5) is 24.8. The molecule has 5 nitrogen and oxygen atoms in total. The van der Waals surface area contributed by atoms with Gasteiger partial charge in [0.15, 0.2) is 0 Å². The van der Waals surface area contributed by atoms with E-state index in [0.717, 1.165) is 0 Å². The maximum Gasteiger partial charge on any atom is 0.321 e. The third-order valence-electron chi connectivity index (χ3n) is 3.32. The fourth-order valence-electron chi connectivity index (χ4n) is 2.48. The van der Waals surface area contributed by atoms with Gasteiger partial charge in [-0.1, -0.05) is 18.2 Å². The van der Waals surface area contributed by atoms with Crippen molar-refractivity contribution in [1.82, 2.24) is 5.32 Å². The first kappa shape index (κ1) is 12.4. The first-order chi connectivity index (χ1) is 8.56. The number of aliphatic carboxylic acids is 1. The molecule has 2 unspecified atom stereocenters. The molecule has 0 aliphatic carbocycles. The lowest BCUT2D eigenvalue weighted by atomic mass is 9.86. The van der Waals surface area contributed by atoms with Crippen LogP contribution in [0.1, 0.15) is 24.8 Å². The van der Waals surface area contributed by atoms with Crippen molar-refractivity contribution in [2.24, 2.45) is 0 Å². The van der Waals surface area contributed by atoms with Crippen molar-refractivity contribution in [1.29, 1.82) is 0 Å². The van der Waals surface area contributed by atoms with Gasteiger partial charge in [0.2, 0.25) is 0 Å². The van der Waals surface area contributed by atoms with E-state index in [4.69, 9.17) is 0 Å². The van der Waals surface area contributed by atoms with E-state index in [0.29, 0.717) is 17.7 Å². The molecule has 0 bridgehead atoms. The average molecular weight is 248 g/mol. The van der Waals surface area contributed by atoms with Crippen LogP contribution in [-0.2, 0) is 4.79 Å². The van der Waals surface area contributed by atoms with E-state index < -0.39 is 11.9 Å². The van der Waals surface area contributed by atoms with E-state index in [1.54, 1.807) is 30.1 Å². The number of amides is 2. The molecule has 0 aromatic heterocycles. The van der Waals surface area contributed by atoms with Gasteiger partial charge in [-0.25, -0.2) is 4.79 Å². The molecule has 1 aliphatic heterocycles.